The molecule has 0 fully saturated rings. The summed E-state index contributed by atoms with van der Waals surface area (Å²) in [6.07, 6.45) is 0. The Kier molecular flexibility index (Phi) is 5.04. The maximum atomic E-state index is 13.2. The molecular formula is C16H17ClFNO2. The number of rotatable bonds is 5. The van der Waals surface area contributed by atoms with E-state index in [9.17, 15) is 4.39 Å². The van der Waals surface area contributed by atoms with Crippen molar-refractivity contribution in [2.75, 3.05) is 7.11 Å². The van der Waals surface area contributed by atoms with Crippen LogP contribution in [-0.4, -0.2) is 7.11 Å². The van der Waals surface area contributed by atoms with Gasteiger partial charge in [-0.05, 0) is 31.2 Å². The van der Waals surface area contributed by atoms with Crippen LogP contribution < -0.4 is 15.2 Å². The third kappa shape index (κ3) is 3.86. The summed E-state index contributed by atoms with van der Waals surface area (Å²) in [5, 5.41) is 0.460. The number of ether oxygens (including phenoxy) is 2. The third-order valence-electron chi connectivity index (χ3n) is 3.10. The van der Waals surface area contributed by atoms with Gasteiger partial charge in [0.15, 0.2) is 0 Å². The van der Waals surface area contributed by atoms with Crippen molar-refractivity contribution >= 4 is 11.6 Å². The molecule has 3 nitrogen and oxygen atoms in total. The Hall–Kier alpha value is -1.78. The molecule has 0 saturated carbocycles. The van der Waals surface area contributed by atoms with Gasteiger partial charge in [-0.2, -0.15) is 0 Å². The molecule has 0 aliphatic heterocycles. The largest absolute Gasteiger partial charge is 0.497 e. The summed E-state index contributed by atoms with van der Waals surface area (Å²) >= 11 is 6.03. The molecule has 0 saturated heterocycles. The molecule has 2 aromatic carbocycles. The summed E-state index contributed by atoms with van der Waals surface area (Å²) < 4.78 is 24.2. The van der Waals surface area contributed by atoms with Crippen molar-refractivity contribution in [2.45, 2.75) is 19.6 Å². The standard InChI is InChI=1S/C16H17ClFNO2/c1-10(19)14-5-4-13(20-2)8-16(14)21-9-11-7-12(18)3-6-15(11)17/h3-8,10H,9,19H2,1-2H3/t10-/m0/s1. The minimum Gasteiger partial charge on any atom is -0.497 e. The van der Waals surface area contributed by atoms with Crippen LogP contribution in [0.2, 0.25) is 5.02 Å². The molecule has 0 spiro atoms. The predicted molar refractivity (Wildman–Crippen MR) is 81.3 cm³/mol. The first kappa shape index (κ1) is 15.6. The molecule has 0 amide bonds. The Morgan fingerprint density at radius 1 is 1.24 bits per heavy atom. The minimum absolute atomic E-state index is 0.156. The van der Waals surface area contributed by atoms with Crippen molar-refractivity contribution in [2.24, 2.45) is 5.73 Å². The second-order valence-corrected chi connectivity index (χ2v) is 5.12. The van der Waals surface area contributed by atoms with Gasteiger partial charge in [0.1, 0.15) is 23.9 Å². The fourth-order valence-electron chi connectivity index (χ4n) is 1.95. The molecular weight excluding hydrogens is 293 g/mol. The Morgan fingerprint density at radius 3 is 2.67 bits per heavy atom. The average Bonchev–Trinajstić information content (AvgIpc) is 2.47. The van der Waals surface area contributed by atoms with E-state index < -0.39 is 0 Å². The molecule has 5 heteroatoms. The van der Waals surface area contributed by atoms with Gasteiger partial charge in [-0.15, -0.1) is 0 Å². The smallest absolute Gasteiger partial charge is 0.128 e. The summed E-state index contributed by atoms with van der Waals surface area (Å²) in [6, 6.07) is 9.42. The van der Waals surface area contributed by atoms with Gasteiger partial charge in [0.2, 0.25) is 0 Å². The summed E-state index contributed by atoms with van der Waals surface area (Å²) in [6.45, 7) is 2.02. The van der Waals surface area contributed by atoms with Crippen LogP contribution in [0.5, 0.6) is 11.5 Å². The molecule has 2 N–H and O–H groups in total. The lowest BCUT2D eigenvalue weighted by Gasteiger charge is -2.15. The fraction of sp³-hybridized carbons (Fsp3) is 0.250. The van der Waals surface area contributed by atoms with Crippen LogP contribution in [0.25, 0.3) is 0 Å². The SMILES string of the molecule is COc1ccc([C@H](C)N)c(OCc2cc(F)ccc2Cl)c1. The number of nitrogens with two attached hydrogens (primary N) is 1. The van der Waals surface area contributed by atoms with E-state index in [4.69, 9.17) is 26.8 Å². The molecule has 0 heterocycles. The first-order valence-corrected chi connectivity index (χ1v) is 6.89. The summed E-state index contributed by atoms with van der Waals surface area (Å²) in [5.74, 6) is 0.917. The molecule has 2 aromatic rings. The highest BCUT2D eigenvalue weighted by molar-refractivity contribution is 6.31. The van der Waals surface area contributed by atoms with Gasteiger partial charge in [0, 0.05) is 28.3 Å². The van der Waals surface area contributed by atoms with E-state index in [1.54, 1.807) is 13.2 Å². The molecule has 0 aliphatic carbocycles. The zero-order valence-electron chi connectivity index (χ0n) is 11.9. The van der Waals surface area contributed by atoms with Crippen LogP contribution in [0.4, 0.5) is 4.39 Å². The van der Waals surface area contributed by atoms with Crippen LogP contribution in [0.1, 0.15) is 24.1 Å². The van der Waals surface area contributed by atoms with Gasteiger partial charge in [-0.25, -0.2) is 4.39 Å². The highest BCUT2D eigenvalue weighted by atomic mass is 35.5. The zero-order chi connectivity index (χ0) is 15.4. The van der Waals surface area contributed by atoms with Crippen molar-refractivity contribution < 1.29 is 13.9 Å². The van der Waals surface area contributed by atoms with Gasteiger partial charge < -0.3 is 15.2 Å². The van der Waals surface area contributed by atoms with Crippen molar-refractivity contribution in [3.63, 3.8) is 0 Å². The molecule has 21 heavy (non-hydrogen) atoms. The summed E-state index contributed by atoms with van der Waals surface area (Å²) in [7, 11) is 1.58. The topological polar surface area (TPSA) is 44.5 Å². The van der Waals surface area contributed by atoms with Crippen LogP contribution in [0, 0.1) is 5.82 Å². The molecule has 0 aromatic heterocycles. The minimum atomic E-state index is -0.351. The van der Waals surface area contributed by atoms with Gasteiger partial charge >= 0.3 is 0 Å². The Labute approximate surface area is 128 Å². The number of hydrogen-bond acceptors (Lipinski definition) is 3. The maximum absolute atomic E-state index is 13.2. The van der Waals surface area contributed by atoms with E-state index in [1.807, 2.05) is 19.1 Å². The van der Waals surface area contributed by atoms with Crippen molar-refractivity contribution in [1.29, 1.82) is 0 Å². The Balaban J connectivity index is 2.24. The number of benzene rings is 2. The van der Waals surface area contributed by atoms with Gasteiger partial charge in [0.25, 0.3) is 0 Å². The molecule has 112 valence electrons. The zero-order valence-corrected chi connectivity index (χ0v) is 12.7. The number of hydrogen-bond donors (Lipinski definition) is 1. The Bertz CT molecular complexity index is 632. The van der Waals surface area contributed by atoms with Crippen molar-refractivity contribution in [1.82, 2.24) is 0 Å². The van der Waals surface area contributed by atoms with E-state index in [2.05, 4.69) is 0 Å². The third-order valence-corrected chi connectivity index (χ3v) is 3.47. The van der Waals surface area contributed by atoms with Gasteiger partial charge in [0.05, 0.1) is 7.11 Å². The second-order valence-electron chi connectivity index (χ2n) is 4.72. The average molecular weight is 310 g/mol. The normalized spacial score (nSPS) is 12.0. The van der Waals surface area contributed by atoms with E-state index in [0.29, 0.717) is 22.1 Å². The van der Waals surface area contributed by atoms with Gasteiger partial charge in [-0.3, -0.25) is 0 Å². The predicted octanol–water partition coefficient (Wildman–Crippen LogP) is 4.09. The van der Waals surface area contributed by atoms with E-state index in [-0.39, 0.29) is 18.5 Å². The number of halogens is 2. The molecule has 0 aliphatic rings. The van der Waals surface area contributed by atoms with Crippen LogP contribution >= 0.6 is 11.6 Å². The first-order chi connectivity index (χ1) is 10.0. The van der Waals surface area contributed by atoms with Crippen molar-refractivity contribution in [3.8, 4) is 11.5 Å². The molecule has 1 atom stereocenters. The second kappa shape index (κ2) is 6.78. The Morgan fingerprint density at radius 2 is 2.00 bits per heavy atom. The highest BCUT2D eigenvalue weighted by Gasteiger charge is 2.11. The monoisotopic (exact) mass is 309 g/mol. The fourth-order valence-corrected chi connectivity index (χ4v) is 2.12. The maximum Gasteiger partial charge on any atom is 0.128 e. The first-order valence-electron chi connectivity index (χ1n) is 6.51. The van der Waals surface area contributed by atoms with Gasteiger partial charge in [-0.1, -0.05) is 17.7 Å². The van der Waals surface area contributed by atoms with Crippen LogP contribution in [0.3, 0.4) is 0 Å². The summed E-state index contributed by atoms with van der Waals surface area (Å²) in [4.78, 5) is 0. The quantitative estimate of drug-likeness (QED) is 0.905. The number of methoxy groups -OCH3 is 1. The lowest BCUT2D eigenvalue weighted by molar-refractivity contribution is 0.298. The molecule has 0 unspecified atom stereocenters. The van der Waals surface area contributed by atoms with Crippen LogP contribution in [0.15, 0.2) is 36.4 Å². The molecule has 2 rings (SSSR count). The molecule has 0 bridgehead atoms. The van der Waals surface area contributed by atoms with E-state index in [0.717, 1.165) is 5.56 Å². The van der Waals surface area contributed by atoms with Crippen molar-refractivity contribution in [3.05, 3.63) is 58.4 Å². The van der Waals surface area contributed by atoms with E-state index >= 15 is 0 Å². The lowest BCUT2D eigenvalue weighted by Crippen LogP contribution is -2.08. The van der Waals surface area contributed by atoms with Crippen LogP contribution in [-0.2, 0) is 6.61 Å². The van der Waals surface area contributed by atoms with E-state index in [1.165, 1.54) is 18.2 Å². The molecule has 0 radical (unpaired) electrons. The lowest BCUT2D eigenvalue weighted by atomic mass is 10.1. The highest BCUT2D eigenvalue weighted by Crippen LogP contribution is 2.30. The summed E-state index contributed by atoms with van der Waals surface area (Å²) in [5.41, 5.74) is 7.35.